The lowest BCUT2D eigenvalue weighted by atomic mass is 9.95. The molecule has 1 atom stereocenters. The van der Waals surface area contributed by atoms with Gasteiger partial charge in [-0.1, -0.05) is 0 Å². The molecule has 0 N–H and O–H groups in total. The molecule has 0 radical (unpaired) electrons. The van der Waals surface area contributed by atoms with Crippen molar-refractivity contribution in [1.82, 2.24) is 19.2 Å². The first kappa shape index (κ1) is 14.8. The fraction of sp³-hybridized carbons (Fsp3) is 0.867. The average molecular weight is 294 g/mol. The van der Waals surface area contributed by atoms with Crippen molar-refractivity contribution in [2.75, 3.05) is 32.8 Å². The van der Waals surface area contributed by atoms with Gasteiger partial charge in [-0.05, 0) is 45.2 Å². The molecule has 3 heterocycles. The van der Waals surface area contributed by atoms with Gasteiger partial charge < -0.3 is 9.64 Å². The molecule has 1 aromatic rings. The first-order chi connectivity index (χ1) is 10.2. The first-order valence-electron chi connectivity index (χ1n) is 8.13. The zero-order valence-corrected chi connectivity index (χ0v) is 13.1. The van der Waals surface area contributed by atoms with E-state index in [1.54, 1.807) is 7.05 Å². The number of hydrogen-bond donors (Lipinski definition) is 0. The molecule has 0 aliphatic carbocycles. The second kappa shape index (κ2) is 6.32. The van der Waals surface area contributed by atoms with Crippen molar-refractivity contribution in [2.24, 2.45) is 13.0 Å². The molecular weight excluding hydrogens is 268 g/mol. The van der Waals surface area contributed by atoms with Gasteiger partial charge in [0.15, 0.2) is 0 Å². The zero-order valence-electron chi connectivity index (χ0n) is 13.1. The standard InChI is InChI=1S/C15H26N4O2/c1-3-19-14(16-17(2)15(19)20)13-4-7-18(8-5-13)10-12-6-9-21-11-12/h12-13H,3-11H2,1-2H3. The summed E-state index contributed by atoms with van der Waals surface area (Å²) in [6.07, 6.45) is 3.41. The summed E-state index contributed by atoms with van der Waals surface area (Å²) in [7, 11) is 1.74. The Kier molecular flexibility index (Phi) is 4.45. The number of rotatable bonds is 4. The molecule has 1 unspecified atom stereocenters. The van der Waals surface area contributed by atoms with Crippen molar-refractivity contribution in [2.45, 2.75) is 38.6 Å². The van der Waals surface area contributed by atoms with Gasteiger partial charge in [-0.2, -0.15) is 5.10 Å². The molecule has 2 aliphatic heterocycles. The highest BCUT2D eigenvalue weighted by atomic mass is 16.5. The molecule has 0 aromatic carbocycles. The largest absolute Gasteiger partial charge is 0.381 e. The van der Waals surface area contributed by atoms with Gasteiger partial charge in [-0.25, -0.2) is 9.48 Å². The van der Waals surface area contributed by atoms with E-state index < -0.39 is 0 Å². The topological polar surface area (TPSA) is 52.3 Å². The predicted molar refractivity (Wildman–Crippen MR) is 80.5 cm³/mol. The summed E-state index contributed by atoms with van der Waals surface area (Å²) in [6, 6.07) is 0. The number of piperidine rings is 1. The Morgan fingerprint density at radius 3 is 2.67 bits per heavy atom. The third kappa shape index (κ3) is 3.06. The van der Waals surface area contributed by atoms with Crippen LogP contribution in [0.25, 0.3) is 0 Å². The molecule has 0 saturated carbocycles. The Bertz CT molecular complexity index is 522. The van der Waals surface area contributed by atoms with Crippen molar-refractivity contribution in [3.63, 3.8) is 0 Å². The molecule has 0 amide bonds. The minimum atomic E-state index is 0.0121. The number of hydrogen-bond acceptors (Lipinski definition) is 4. The van der Waals surface area contributed by atoms with Crippen LogP contribution in [0.3, 0.4) is 0 Å². The molecule has 3 rings (SSSR count). The number of ether oxygens (including phenoxy) is 1. The van der Waals surface area contributed by atoms with Gasteiger partial charge in [0.25, 0.3) is 0 Å². The number of aromatic nitrogens is 3. The highest BCUT2D eigenvalue weighted by Gasteiger charge is 2.27. The Hall–Kier alpha value is -1.14. The number of nitrogens with zero attached hydrogens (tertiary/aromatic N) is 4. The predicted octanol–water partition coefficient (Wildman–Crippen LogP) is 0.818. The average Bonchev–Trinajstić information content (AvgIpc) is 3.09. The van der Waals surface area contributed by atoms with Crippen LogP contribution in [0.4, 0.5) is 0 Å². The van der Waals surface area contributed by atoms with Crippen LogP contribution in [-0.2, 0) is 18.3 Å². The quantitative estimate of drug-likeness (QED) is 0.825. The van der Waals surface area contributed by atoms with E-state index in [1.807, 2.05) is 11.5 Å². The van der Waals surface area contributed by atoms with E-state index in [2.05, 4.69) is 10.00 Å². The number of likely N-dealkylation sites (tertiary alicyclic amines) is 1. The third-order valence-corrected chi connectivity index (χ3v) is 4.85. The minimum Gasteiger partial charge on any atom is -0.381 e. The van der Waals surface area contributed by atoms with Crippen LogP contribution in [-0.4, -0.2) is 52.1 Å². The van der Waals surface area contributed by atoms with Crippen LogP contribution < -0.4 is 5.69 Å². The van der Waals surface area contributed by atoms with Crippen LogP contribution in [0.15, 0.2) is 4.79 Å². The van der Waals surface area contributed by atoms with Crippen LogP contribution in [0, 0.1) is 5.92 Å². The van der Waals surface area contributed by atoms with Crippen LogP contribution >= 0.6 is 0 Å². The lowest BCUT2D eigenvalue weighted by molar-refractivity contribution is 0.150. The summed E-state index contributed by atoms with van der Waals surface area (Å²) in [5, 5.41) is 4.46. The summed E-state index contributed by atoms with van der Waals surface area (Å²) < 4.78 is 8.76. The van der Waals surface area contributed by atoms with Gasteiger partial charge in [0.05, 0.1) is 6.61 Å². The Morgan fingerprint density at radius 1 is 1.29 bits per heavy atom. The second-order valence-electron chi connectivity index (χ2n) is 6.31. The molecule has 0 spiro atoms. The van der Waals surface area contributed by atoms with Crippen LogP contribution in [0.1, 0.15) is 37.9 Å². The van der Waals surface area contributed by atoms with E-state index >= 15 is 0 Å². The van der Waals surface area contributed by atoms with E-state index in [0.29, 0.717) is 18.4 Å². The third-order valence-electron chi connectivity index (χ3n) is 4.85. The molecule has 2 aliphatic rings. The van der Waals surface area contributed by atoms with Crippen molar-refractivity contribution in [3.8, 4) is 0 Å². The van der Waals surface area contributed by atoms with E-state index in [4.69, 9.17) is 4.74 Å². The van der Waals surface area contributed by atoms with Gasteiger partial charge in [-0.15, -0.1) is 0 Å². The highest BCUT2D eigenvalue weighted by Crippen LogP contribution is 2.27. The summed E-state index contributed by atoms with van der Waals surface area (Å²) in [4.78, 5) is 14.5. The Morgan fingerprint density at radius 2 is 2.05 bits per heavy atom. The lowest BCUT2D eigenvalue weighted by Crippen LogP contribution is -2.37. The monoisotopic (exact) mass is 294 g/mol. The fourth-order valence-corrected chi connectivity index (χ4v) is 3.59. The van der Waals surface area contributed by atoms with Crippen molar-refractivity contribution in [1.29, 1.82) is 0 Å². The van der Waals surface area contributed by atoms with Crippen molar-refractivity contribution >= 4 is 0 Å². The SMILES string of the molecule is CCn1c(C2CCN(CC3CCOC3)CC2)nn(C)c1=O. The summed E-state index contributed by atoms with van der Waals surface area (Å²) in [5.41, 5.74) is 0.0121. The maximum atomic E-state index is 12.0. The highest BCUT2D eigenvalue weighted by molar-refractivity contribution is 5.00. The maximum absolute atomic E-state index is 12.0. The van der Waals surface area contributed by atoms with Gasteiger partial charge in [-0.3, -0.25) is 4.57 Å². The molecule has 2 fully saturated rings. The molecular formula is C15H26N4O2. The van der Waals surface area contributed by atoms with E-state index in [0.717, 1.165) is 51.5 Å². The van der Waals surface area contributed by atoms with E-state index in [-0.39, 0.29) is 5.69 Å². The van der Waals surface area contributed by atoms with Crippen LogP contribution in [0.2, 0.25) is 0 Å². The van der Waals surface area contributed by atoms with E-state index in [1.165, 1.54) is 11.1 Å². The van der Waals surface area contributed by atoms with Gasteiger partial charge in [0.2, 0.25) is 0 Å². The van der Waals surface area contributed by atoms with E-state index in [9.17, 15) is 4.79 Å². The van der Waals surface area contributed by atoms with Gasteiger partial charge in [0.1, 0.15) is 5.82 Å². The molecule has 2 saturated heterocycles. The molecule has 1 aromatic heterocycles. The molecule has 118 valence electrons. The zero-order chi connectivity index (χ0) is 14.8. The normalized spacial score (nSPS) is 24.8. The lowest BCUT2D eigenvalue weighted by Gasteiger charge is -2.32. The smallest absolute Gasteiger partial charge is 0.345 e. The van der Waals surface area contributed by atoms with Gasteiger partial charge >= 0.3 is 5.69 Å². The molecule has 21 heavy (non-hydrogen) atoms. The maximum Gasteiger partial charge on any atom is 0.345 e. The van der Waals surface area contributed by atoms with Crippen molar-refractivity contribution < 1.29 is 4.74 Å². The first-order valence-corrected chi connectivity index (χ1v) is 8.13. The summed E-state index contributed by atoms with van der Waals surface area (Å²) in [6.45, 7) is 7.96. The van der Waals surface area contributed by atoms with Crippen molar-refractivity contribution in [3.05, 3.63) is 16.3 Å². The fourth-order valence-electron chi connectivity index (χ4n) is 3.59. The Balaban J connectivity index is 1.60. The molecule has 0 bridgehead atoms. The summed E-state index contributed by atoms with van der Waals surface area (Å²) in [5.74, 6) is 2.12. The van der Waals surface area contributed by atoms with Gasteiger partial charge in [0, 0.05) is 32.7 Å². The van der Waals surface area contributed by atoms with Crippen LogP contribution in [0.5, 0.6) is 0 Å². The molecule has 6 nitrogen and oxygen atoms in total. The Labute approximate surface area is 125 Å². The second-order valence-corrected chi connectivity index (χ2v) is 6.31. The molecule has 6 heteroatoms. The minimum absolute atomic E-state index is 0.0121. The number of aryl methyl sites for hydroxylation is 1. The summed E-state index contributed by atoms with van der Waals surface area (Å²) >= 11 is 0.